The van der Waals surface area contributed by atoms with Gasteiger partial charge in [-0.3, -0.25) is 0 Å². The van der Waals surface area contributed by atoms with E-state index in [2.05, 4.69) is 16.7 Å². The summed E-state index contributed by atoms with van der Waals surface area (Å²) in [6.45, 7) is 2.34. The SMILES string of the molecule is COc1ccccc1[C@H]1CNC(=O)OC12CCNCC2. The lowest BCUT2D eigenvalue weighted by molar-refractivity contribution is -0.0499. The Morgan fingerprint density at radius 2 is 2.05 bits per heavy atom. The molecule has 0 unspecified atom stereocenters. The Labute approximate surface area is 118 Å². The first-order valence-electron chi connectivity index (χ1n) is 7.06. The molecule has 5 heteroatoms. The Hall–Kier alpha value is -1.75. The Bertz CT molecular complexity index is 498. The molecule has 1 aromatic carbocycles. The summed E-state index contributed by atoms with van der Waals surface area (Å²) in [6, 6.07) is 7.98. The summed E-state index contributed by atoms with van der Waals surface area (Å²) in [6.07, 6.45) is 1.37. The molecular formula is C15H20N2O3. The summed E-state index contributed by atoms with van der Waals surface area (Å²) in [5, 5.41) is 6.15. The van der Waals surface area contributed by atoms with Crippen LogP contribution in [0.3, 0.4) is 0 Å². The lowest BCUT2D eigenvalue weighted by Gasteiger charge is -2.46. The van der Waals surface area contributed by atoms with Crippen molar-refractivity contribution in [2.45, 2.75) is 24.4 Å². The van der Waals surface area contributed by atoms with Crippen LogP contribution in [0, 0.1) is 0 Å². The van der Waals surface area contributed by atoms with E-state index in [1.54, 1.807) is 7.11 Å². The van der Waals surface area contributed by atoms with Crippen molar-refractivity contribution in [1.29, 1.82) is 0 Å². The van der Waals surface area contributed by atoms with E-state index in [4.69, 9.17) is 9.47 Å². The summed E-state index contributed by atoms with van der Waals surface area (Å²) < 4.78 is 11.2. The van der Waals surface area contributed by atoms with Gasteiger partial charge in [0, 0.05) is 30.9 Å². The number of benzene rings is 1. The van der Waals surface area contributed by atoms with Crippen LogP contribution in [-0.2, 0) is 4.74 Å². The Kier molecular flexibility index (Phi) is 3.53. The van der Waals surface area contributed by atoms with Crippen LogP contribution in [0.4, 0.5) is 4.79 Å². The van der Waals surface area contributed by atoms with Crippen LogP contribution in [0.5, 0.6) is 5.75 Å². The second kappa shape index (κ2) is 5.32. The molecule has 1 amide bonds. The summed E-state index contributed by atoms with van der Waals surface area (Å²) in [7, 11) is 1.68. The number of ether oxygens (including phenoxy) is 2. The van der Waals surface area contributed by atoms with Crippen LogP contribution in [-0.4, -0.2) is 38.4 Å². The highest BCUT2D eigenvalue weighted by Gasteiger charge is 2.47. The van der Waals surface area contributed by atoms with Gasteiger partial charge >= 0.3 is 6.09 Å². The lowest BCUT2D eigenvalue weighted by atomic mass is 9.75. The fourth-order valence-electron chi connectivity index (χ4n) is 3.31. The first-order valence-corrected chi connectivity index (χ1v) is 7.06. The first kappa shape index (κ1) is 13.2. The number of para-hydroxylation sites is 1. The van der Waals surface area contributed by atoms with E-state index in [0.717, 1.165) is 37.2 Å². The van der Waals surface area contributed by atoms with E-state index in [9.17, 15) is 4.79 Å². The normalized spacial score (nSPS) is 24.9. The first-order chi connectivity index (χ1) is 9.75. The highest BCUT2D eigenvalue weighted by atomic mass is 16.6. The number of carbonyl (C=O) groups is 1. The summed E-state index contributed by atoms with van der Waals surface area (Å²) in [5.74, 6) is 0.980. The van der Waals surface area contributed by atoms with Gasteiger partial charge in [0.15, 0.2) is 0 Å². The molecule has 0 bridgehead atoms. The number of hydrogen-bond donors (Lipinski definition) is 2. The van der Waals surface area contributed by atoms with Gasteiger partial charge in [-0.25, -0.2) is 4.79 Å². The highest BCUT2D eigenvalue weighted by Crippen LogP contribution is 2.43. The topological polar surface area (TPSA) is 59.6 Å². The molecule has 108 valence electrons. The van der Waals surface area contributed by atoms with Crippen molar-refractivity contribution in [3.63, 3.8) is 0 Å². The average molecular weight is 276 g/mol. The molecule has 5 nitrogen and oxygen atoms in total. The minimum Gasteiger partial charge on any atom is -0.496 e. The van der Waals surface area contributed by atoms with Crippen molar-refractivity contribution in [2.24, 2.45) is 0 Å². The largest absolute Gasteiger partial charge is 0.496 e. The zero-order valence-corrected chi connectivity index (χ0v) is 11.6. The number of rotatable bonds is 2. The molecule has 2 N–H and O–H groups in total. The van der Waals surface area contributed by atoms with E-state index in [1.165, 1.54) is 0 Å². The second-order valence-electron chi connectivity index (χ2n) is 5.38. The minimum atomic E-state index is -0.414. The predicted molar refractivity (Wildman–Crippen MR) is 75.1 cm³/mol. The Balaban J connectivity index is 1.98. The van der Waals surface area contributed by atoms with Crippen LogP contribution in [0.1, 0.15) is 24.3 Å². The van der Waals surface area contributed by atoms with Gasteiger partial charge in [0.25, 0.3) is 0 Å². The lowest BCUT2D eigenvalue weighted by Crippen LogP contribution is -2.57. The molecule has 1 atom stereocenters. The minimum absolute atomic E-state index is 0.124. The number of methoxy groups -OCH3 is 1. The molecule has 1 spiro atoms. The van der Waals surface area contributed by atoms with Gasteiger partial charge in [-0.2, -0.15) is 0 Å². The van der Waals surface area contributed by atoms with Crippen molar-refractivity contribution in [2.75, 3.05) is 26.7 Å². The van der Waals surface area contributed by atoms with Gasteiger partial charge in [-0.1, -0.05) is 18.2 Å². The van der Waals surface area contributed by atoms with Crippen LogP contribution >= 0.6 is 0 Å². The fraction of sp³-hybridized carbons (Fsp3) is 0.533. The maximum atomic E-state index is 11.7. The molecule has 2 aliphatic rings. The van der Waals surface area contributed by atoms with E-state index in [1.807, 2.05) is 18.2 Å². The van der Waals surface area contributed by atoms with Gasteiger partial charge in [0.05, 0.1) is 7.11 Å². The molecule has 3 rings (SSSR count). The molecule has 1 aromatic rings. The van der Waals surface area contributed by atoms with Crippen LogP contribution < -0.4 is 15.4 Å². The third kappa shape index (κ3) is 2.22. The quantitative estimate of drug-likeness (QED) is 0.862. The molecule has 0 radical (unpaired) electrons. The van der Waals surface area contributed by atoms with E-state index in [-0.39, 0.29) is 12.0 Å². The standard InChI is InChI=1S/C15H20N2O3/c1-19-13-5-3-2-4-11(13)12-10-17-14(18)20-15(12)6-8-16-9-7-15/h2-5,12,16H,6-10H2,1H3,(H,17,18)/t12-/m1/s1. The molecule has 0 aliphatic carbocycles. The summed E-state index contributed by atoms with van der Waals surface area (Å²) >= 11 is 0. The number of nitrogens with one attached hydrogen (secondary N) is 2. The van der Waals surface area contributed by atoms with Crippen molar-refractivity contribution in [3.8, 4) is 5.75 Å². The Morgan fingerprint density at radius 1 is 1.30 bits per heavy atom. The van der Waals surface area contributed by atoms with Crippen molar-refractivity contribution in [1.82, 2.24) is 10.6 Å². The fourth-order valence-corrected chi connectivity index (χ4v) is 3.31. The van der Waals surface area contributed by atoms with Crippen molar-refractivity contribution in [3.05, 3.63) is 29.8 Å². The summed E-state index contributed by atoms with van der Waals surface area (Å²) in [5.41, 5.74) is 0.694. The smallest absolute Gasteiger partial charge is 0.407 e. The van der Waals surface area contributed by atoms with Gasteiger partial charge in [0.1, 0.15) is 11.4 Å². The maximum Gasteiger partial charge on any atom is 0.407 e. The molecule has 2 fully saturated rings. The van der Waals surface area contributed by atoms with Crippen molar-refractivity contribution < 1.29 is 14.3 Å². The molecule has 2 saturated heterocycles. The number of amides is 1. The van der Waals surface area contributed by atoms with Crippen molar-refractivity contribution >= 4 is 6.09 Å². The summed E-state index contributed by atoms with van der Waals surface area (Å²) in [4.78, 5) is 11.7. The number of piperidine rings is 1. The predicted octanol–water partition coefficient (Wildman–Crippen LogP) is 1.64. The van der Waals surface area contributed by atoms with Gasteiger partial charge in [-0.15, -0.1) is 0 Å². The zero-order valence-electron chi connectivity index (χ0n) is 11.6. The van der Waals surface area contributed by atoms with E-state index in [0.29, 0.717) is 6.54 Å². The zero-order chi connectivity index (χ0) is 14.0. The molecule has 2 aliphatic heterocycles. The number of carbonyl (C=O) groups excluding carboxylic acids is 1. The number of hydrogen-bond acceptors (Lipinski definition) is 4. The molecule has 20 heavy (non-hydrogen) atoms. The van der Waals surface area contributed by atoms with Crippen LogP contribution in [0.15, 0.2) is 24.3 Å². The highest BCUT2D eigenvalue weighted by molar-refractivity contribution is 5.69. The third-order valence-corrected chi connectivity index (χ3v) is 4.35. The average Bonchev–Trinajstić information content (AvgIpc) is 2.48. The second-order valence-corrected chi connectivity index (χ2v) is 5.38. The van der Waals surface area contributed by atoms with E-state index < -0.39 is 5.60 Å². The van der Waals surface area contributed by atoms with E-state index >= 15 is 0 Å². The monoisotopic (exact) mass is 276 g/mol. The maximum absolute atomic E-state index is 11.7. The van der Waals surface area contributed by atoms with Crippen LogP contribution in [0.2, 0.25) is 0 Å². The molecule has 0 aromatic heterocycles. The van der Waals surface area contributed by atoms with Gasteiger partial charge in [0.2, 0.25) is 0 Å². The van der Waals surface area contributed by atoms with Crippen LogP contribution in [0.25, 0.3) is 0 Å². The molecular weight excluding hydrogens is 256 g/mol. The molecule has 0 saturated carbocycles. The number of alkyl carbamates (subject to hydrolysis) is 1. The Morgan fingerprint density at radius 3 is 2.80 bits per heavy atom. The van der Waals surface area contributed by atoms with Gasteiger partial charge < -0.3 is 20.1 Å². The third-order valence-electron chi connectivity index (χ3n) is 4.35. The molecule has 2 heterocycles. The van der Waals surface area contributed by atoms with Gasteiger partial charge in [-0.05, 0) is 19.2 Å².